The third kappa shape index (κ3) is 4.35. The average Bonchev–Trinajstić information content (AvgIpc) is 2.28. The number of anilines is 1. The van der Waals surface area contributed by atoms with Crippen molar-refractivity contribution < 1.29 is 26.3 Å². The van der Waals surface area contributed by atoms with E-state index in [4.69, 9.17) is 21.7 Å². The van der Waals surface area contributed by atoms with Crippen LogP contribution in [0.4, 0.5) is 15.8 Å². The molecule has 1 aromatic carbocycles. The molecule has 98 valence electrons. The second kappa shape index (κ2) is 7.69. The molecule has 0 bridgehead atoms. The topological polar surface area (TPSA) is 66.5 Å². The molecule has 0 saturated carbocycles. The molecule has 0 aliphatic carbocycles. The first-order valence-electron chi connectivity index (χ1n) is 4.82. The summed E-state index contributed by atoms with van der Waals surface area (Å²) in [5.41, 5.74) is 0.0229. The molecule has 0 saturated heterocycles. The Morgan fingerprint density at radius 1 is 1.61 bits per heavy atom. The Morgan fingerprint density at radius 2 is 2.28 bits per heavy atom. The number of esters is 1. The fourth-order valence-corrected chi connectivity index (χ4v) is 1.35. The van der Waals surface area contributed by atoms with Gasteiger partial charge in [-0.25, -0.2) is 0 Å². The first-order valence-corrected chi connectivity index (χ1v) is 5.20. The van der Waals surface area contributed by atoms with Crippen molar-refractivity contribution >= 4 is 28.9 Å². The summed E-state index contributed by atoms with van der Waals surface area (Å²) in [6.45, 7) is 1.85. The van der Waals surface area contributed by atoms with Gasteiger partial charge < -0.3 is 22.5 Å². The van der Waals surface area contributed by atoms with Gasteiger partial charge in [0.2, 0.25) is 11.2 Å². The van der Waals surface area contributed by atoms with Crippen molar-refractivity contribution in [3.63, 3.8) is 0 Å². The van der Waals surface area contributed by atoms with Crippen LogP contribution in [0.3, 0.4) is 0 Å². The van der Waals surface area contributed by atoms with Gasteiger partial charge in [0.05, 0.1) is 23.4 Å². The summed E-state index contributed by atoms with van der Waals surface area (Å²) in [6.07, 6.45) is 0. The summed E-state index contributed by atoms with van der Waals surface area (Å²) < 4.78 is 17.8. The van der Waals surface area contributed by atoms with Crippen molar-refractivity contribution in [1.29, 1.82) is 5.39 Å². The molecule has 18 heavy (non-hydrogen) atoms. The number of diazo groups is 1. The SMILES string of the molecule is CCOC(=O)CNc1cc([N+]#N)c(F)cc1Cl.[Cl-]. The first kappa shape index (κ1) is 16.4. The summed E-state index contributed by atoms with van der Waals surface area (Å²) >= 11 is 5.74. The predicted molar refractivity (Wildman–Crippen MR) is 61.3 cm³/mol. The van der Waals surface area contributed by atoms with Crippen molar-refractivity contribution in [2.75, 3.05) is 18.5 Å². The average molecular weight is 294 g/mol. The van der Waals surface area contributed by atoms with E-state index in [1.165, 1.54) is 6.07 Å². The van der Waals surface area contributed by atoms with Crippen LogP contribution in [0, 0.1) is 11.2 Å². The largest absolute Gasteiger partial charge is 1.00 e. The van der Waals surface area contributed by atoms with E-state index in [0.29, 0.717) is 0 Å². The molecule has 0 aliphatic rings. The van der Waals surface area contributed by atoms with Crippen LogP contribution < -0.4 is 17.7 Å². The zero-order valence-corrected chi connectivity index (χ0v) is 10.9. The lowest BCUT2D eigenvalue weighted by Gasteiger charge is -2.06. The van der Waals surface area contributed by atoms with Crippen molar-refractivity contribution in [3.05, 3.63) is 27.9 Å². The number of halogens is 3. The lowest BCUT2D eigenvalue weighted by Crippen LogP contribution is -3.00. The lowest BCUT2D eigenvalue weighted by molar-refractivity contribution is -0.140. The van der Waals surface area contributed by atoms with E-state index in [1.807, 2.05) is 0 Å². The fourth-order valence-electron chi connectivity index (χ4n) is 1.13. The van der Waals surface area contributed by atoms with E-state index in [2.05, 4.69) is 10.3 Å². The van der Waals surface area contributed by atoms with Crippen molar-refractivity contribution in [2.45, 2.75) is 6.92 Å². The zero-order valence-electron chi connectivity index (χ0n) is 9.41. The predicted octanol–water partition coefficient (Wildman–Crippen LogP) is -0.0573. The third-order valence-electron chi connectivity index (χ3n) is 1.87. The molecule has 0 unspecified atom stereocenters. The standard InChI is InChI=1S/C10H10ClFN3O2.ClH/c1-2-17-10(16)5-14-8-4-9(15-13)7(12)3-6(8)11;/h3-4,14H,2,5H2,1H3;1H/q+1;/p-1. The van der Waals surface area contributed by atoms with Crippen LogP contribution >= 0.6 is 11.6 Å². The van der Waals surface area contributed by atoms with Crippen LogP contribution in [0.15, 0.2) is 12.1 Å². The van der Waals surface area contributed by atoms with E-state index < -0.39 is 11.8 Å². The molecule has 0 fully saturated rings. The maximum absolute atomic E-state index is 13.1. The zero-order chi connectivity index (χ0) is 12.8. The molecule has 5 nitrogen and oxygen atoms in total. The Kier molecular flexibility index (Phi) is 7.01. The van der Waals surface area contributed by atoms with Crippen molar-refractivity contribution in [3.8, 4) is 0 Å². The monoisotopic (exact) mass is 293 g/mol. The molecule has 0 atom stereocenters. The van der Waals surface area contributed by atoms with Crippen LogP contribution in [0.1, 0.15) is 6.92 Å². The Balaban J connectivity index is 0.00000289. The van der Waals surface area contributed by atoms with E-state index in [0.717, 1.165) is 6.07 Å². The van der Waals surface area contributed by atoms with Gasteiger partial charge in [0.1, 0.15) is 6.54 Å². The van der Waals surface area contributed by atoms with Crippen LogP contribution in [0.2, 0.25) is 5.02 Å². The number of nitrogens with zero attached hydrogens (tertiary/aromatic N) is 2. The number of benzene rings is 1. The minimum Gasteiger partial charge on any atom is -1.00 e. The highest BCUT2D eigenvalue weighted by molar-refractivity contribution is 6.33. The van der Waals surface area contributed by atoms with Gasteiger partial charge in [0, 0.05) is 6.07 Å². The van der Waals surface area contributed by atoms with Crippen LogP contribution in [0.5, 0.6) is 0 Å². The molecule has 0 aromatic heterocycles. The van der Waals surface area contributed by atoms with Gasteiger partial charge in [-0.1, -0.05) is 11.6 Å². The first-order chi connectivity index (χ1) is 8.08. The Labute approximate surface area is 114 Å². The molecule has 0 heterocycles. The van der Waals surface area contributed by atoms with Gasteiger partial charge in [-0.2, -0.15) is 4.39 Å². The highest BCUT2D eigenvalue weighted by atomic mass is 35.5. The number of nitrogens with one attached hydrogen (secondary N) is 1. The molecule has 0 spiro atoms. The second-order valence-corrected chi connectivity index (χ2v) is 3.45. The number of carbonyl (C=O) groups excluding carboxylic acids is 1. The number of hydrogen-bond acceptors (Lipinski definition) is 4. The summed E-state index contributed by atoms with van der Waals surface area (Å²) in [6, 6.07) is 2.18. The molecular formula is C10H10Cl2FN3O2. The number of ether oxygens (including phenoxy) is 1. The molecule has 1 aromatic rings. The third-order valence-corrected chi connectivity index (χ3v) is 2.19. The van der Waals surface area contributed by atoms with Gasteiger partial charge >= 0.3 is 11.7 Å². The van der Waals surface area contributed by atoms with E-state index in [1.54, 1.807) is 6.92 Å². The van der Waals surface area contributed by atoms with E-state index >= 15 is 0 Å². The summed E-state index contributed by atoms with van der Waals surface area (Å²) in [7, 11) is 0. The summed E-state index contributed by atoms with van der Waals surface area (Å²) in [4.78, 5) is 13.8. The second-order valence-electron chi connectivity index (χ2n) is 3.04. The molecule has 1 rings (SSSR count). The van der Waals surface area contributed by atoms with Gasteiger partial charge in [0.25, 0.3) is 0 Å². The van der Waals surface area contributed by atoms with Gasteiger partial charge in [-0.05, 0) is 6.92 Å². The van der Waals surface area contributed by atoms with Crippen LogP contribution in [0.25, 0.3) is 4.98 Å². The molecule has 0 aliphatic heterocycles. The lowest BCUT2D eigenvalue weighted by atomic mass is 10.2. The minimum absolute atomic E-state index is 0. The van der Waals surface area contributed by atoms with Crippen molar-refractivity contribution in [2.24, 2.45) is 0 Å². The minimum atomic E-state index is -0.751. The smallest absolute Gasteiger partial charge is 0.422 e. The number of rotatable bonds is 4. The van der Waals surface area contributed by atoms with Crippen molar-refractivity contribution in [1.82, 2.24) is 0 Å². The highest BCUT2D eigenvalue weighted by Crippen LogP contribution is 2.29. The highest BCUT2D eigenvalue weighted by Gasteiger charge is 2.18. The van der Waals surface area contributed by atoms with Gasteiger partial charge in [0.15, 0.2) is 4.98 Å². The molecule has 0 amide bonds. The van der Waals surface area contributed by atoms with Crippen LogP contribution in [-0.4, -0.2) is 19.1 Å². The quantitative estimate of drug-likeness (QED) is 0.624. The Hall–Kier alpha value is -1.58. The van der Waals surface area contributed by atoms with E-state index in [9.17, 15) is 9.18 Å². The van der Waals surface area contributed by atoms with E-state index in [-0.39, 0.29) is 42.0 Å². The maximum Gasteiger partial charge on any atom is 0.422 e. The van der Waals surface area contributed by atoms with Gasteiger partial charge in [-0.15, -0.1) is 0 Å². The summed E-state index contributed by atoms with van der Waals surface area (Å²) in [5.74, 6) is -1.21. The van der Waals surface area contributed by atoms with Crippen LogP contribution in [-0.2, 0) is 9.53 Å². The molecular weight excluding hydrogens is 284 g/mol. The molecule has 8 heteroatoms. The molecule has 0 radical (unpaired) electrons. The van der Waals surface area contributed by atoms with Gasteiger partial charge in [-0.3, -0.25) is 4.79 Å². The Morgan fingerprint density at radius 3 is 2.83 bits per heavy atom. The maximum atomic E-state index is 13.1. The summed E-state index contributed by atoms with van der Waals surface area (Å²) in [5, 5.41) is 11.3. The molecule has 1 N–H and O–H groups in total. The number of carbonyl (C=O) groups is 1. The number of hydrogen-bond donors (Lipinski definition) is 1. The fraction of sp³-hybridized carbons (Fsp3) is 0.300. The Bertz CT molecular complexity index is 477. The normalized spacial score (nSPS) is 9.00.